The number of nitrogens with zero attached hydrogens (tertiary/aromatic N) is 4. The van der Waals surface area contributed by atoms with E-state index in [0.717, 1.165) is 19.2 Å². The summed E-state index contributed by atoms with van der Waals surface area (Å²) in [5.41, 5.74) is 0.649. The lowest BCUT2D eigenvalue weighted by atomic mass is 10.1. The van der Waals surface area contributed by atoms with Gasteiger partial charge in [0.05, 0.1) is 18.5 Å². The highest BCUT2D eigenvalue weighted by Crippen LogP contribution is 2.28. The fourth-order valence-electron chi connectivity index (χ4n) is 2.55. The van der Waals surface area contributed by atoms with Gasteiger partial charge in [0.1, 0.15) is 17.4 Å². The van der Waals surface area contributed by atoms with Gasteiger partial charge in [0.2, 0.25) is 0 Å². The molecule has 1 aromatic carbocycles. The highest BCUT2D eigenvalue weighted by molar-refractivity contribution is 6.00. The summed E-state index contributed by atoms with van der Waals surface area (Å²) < 4.78 is 53.7. The Hall–Kier alpha value is -3.48. The first-order valence-electron chi connectivity index (χ1n) is 8.02. The fourth-order valence-corrected chi connectivity index (χ4v) is 2.55. The minimum Gasteiger partial charge on any atom is -0.340 e. The first-order chi connectivity index (χ1) is 13.1. The molecule has 1 N–H and O–H groups in total. The number of alkyl halides is 3. The van der Waals surface area contributed by atoms with Gasteiger partial charge in [-0.1, -0.05) is 6.07 Å². The Morgan fingerprint density at radius 1 is 1.32 bits per heavy atom. The van der Waals surface area contributed by atoms with Gasteiger partial charge in [-0.25, -0.2) is 18.7 Å². The molecule has 2 aromatic heterocycles. The van der Waals surface area contributed by atoms with Crippen LogP contribution in [0, 0.1) is 19.3 Å². The number of fused-ring (bicyclic) bond motifs is 1. The lowest BCUT2D eigenvalue weighted by Crippen LogP contribution is -2.43. The number of carbonyl (C=O) groups excluding carboxylic acids is 1. The molecule has 0 aliphatic rings. The quantitative estimate of drug-likeness (QED) is 0.541. The largest absolute Gasteiger partial charge is 0.408 e. The number of carbonyl (C=O) groups is 1. The molecule has 0 bridgehead atoms. The molecule has 28 heavy (non-hydrogen) atoms. The summed E-state index contributed by atoms with van der Waals surface area (Å²) in [7, 11) is 0. The van der Waals surface area contributed by atoms with Crippen LogP contribution in [0.25, 0.3) is 21.7 Å². The fraction of sp³-hybridized carbons (Fsp3) is 0.222. The second kappa shape index (κ2) is 6.92. The Labute approximate surface area is 156 Å². The summed E-state index contributed by atoms with van der Waals surface area (Å²) in [4.78, 5) is 19.7. The highest BCUT2D eigenvalue weighted by atomic mass is 19.4. The standard InChI is InChI=1S/C18H13F4N5O/c1-9-6-15(12-7-11(23-3)4-5-14(12)19)26-16-13(8-24-27(9)16)17(28)25-10(2)18(20,21)22/h4-8,10H,1-2H3,(H,25,28)/t10-/m0/s1. The third-order valence-corrected chi connectivity index (χ3v) is 4.09. The molecule has 1 amide bonds. The van der Waals surface area contributed by atoms with E-state index in [4.69, 9.17) is 6.57 Å². The minimum absolute atomic E-state index is 0.0190. The number of benzene rings is 1. The molecular formula is C18H13F4N5O. The van der Waals surface area contributed by atoms with Gasteiger partial charge in [-0.15, -0.1) is 0 Å². The lowest BCUT2D eigenvalue weighted by molar-refractivity contribution is -0.149. The van der Waals surface area contributed by atoms with Crippen LogP contribution in [-0.4, -0.2) is 32.7 Å². The van der Waals surface area contributed by atoms with Crippen LogP contribution in [0.3, 0.4) is 0 Å². The van der Waals surface area contributed by atoms with Gasteiger partial charge < -0.3 is 5.32 Å². The predicted molar refractivity (Wildman–Crippen MR) is 92.4 cm³/mol. The van der Waals surface area contributed by atoms with E-state index in [1.54, 1.807) is 6.92 Å². The van der Waals surface area contributed by atoms with Crippen molar-refractivity contribution in [3.05, 3.63) is 59.0 Å². The Morgan fingerprint density at radius 2 is 2.04 bits per heavy atom. The second-order valence-corrected chi connectivity index (χ2v) is 6.09. The number of aromatic nitrogens is 3. The molecule has 0 fully saturated rings. The Bertz CT molecular complexity index is 1110. The number of hydrogen-bond donors (Lipinski definition) is 1. The van der Waals surface area contributed by atoms with E-state index in [-0.39, 0.29) is 28.2 Å². The maximum Gasteiger partial charge on any atom is 0.408 e. The molecule has 0 aliphatic carbocycles. The zero-order chi connectivity index (χ0) is 20.6. The van der Waals surface area contributed by atoms with Crippen molar-refractivity contribution >= 4 is 17.2 Å². The zero-order valence-corrected chi connectivity index (χ0v) is 14.7. The number of halogens is 4. The van der Waals surface area contributed by atoms with E-state index in [9.17, 15) is 22.4 Å². The molecule has 0 spiro atoms. The third-order valence-electron chi connectivity index (χ3n) is 4.09. The maximum absolute atomic E-state index is 14.2. The van der Waals surface area contributed by atoms with E-state index in [1.807, 2.05) is 5.32 Å². The maximum atomic E-state index is 14.2. The number of nitrogens with one attached hydrogen (secondary N) is 1. The number of aryl methyl sites for hydroxylation is 1. The summed E-state index contributed by atoms with van der Waals surface area (Å²) in [5.74, 6) is -1.63. The predicted octanol–water partition coefficient (Wildman–Crippen LogP) is 4.08. The molecule has 2 heterocycles. The van der Waals surface area contributed by atoms with E-state index >= 15 is 0 Å². The summed E-state index contributed by atoms with van der Waals surface area (Å²) in [6, 6.07) is 3.19. The van der Waals surface area contributed by atoms with E-state index < -0.39 is 23.9 Å². The monoisotopic (exact) mass is 391 g/mol. The Morgan fingerprint density at radius 3 is 2.68 bits per heavy atom. The van der Waals surface area contributed by atoms with Gasteiger partial charge in [-0.2, -0.15) is 18.3 Å². The SMILES string of the molecule is [C-]#[N+]c1ccc(F)c(-c2cc(C)n3ncc(C(=O)N[C@@H](C)C(F)(F)F)c3n2)c1. The molecule has 0 aliphatic heterocycles. The molecule has 10 heteroatoms. The Balaban J connectivity index is 2.09. The van der Waals surface area contributed by atoms with Gasteiger partial charge >= 0.3 is 6.18 Å². The van der Waals surface area contributed by atoms with Crippen molar-refractivity contribution in [3.63, 3.8) is 0 Å². The highest BCUT2D eigenvalue weighted by Gasteiger charge is 2.37. The summed E-state index contributed by atoms with van der Waals surface area (Å²) in [5, 5.41) is 5.82. The third kappa shape index (κ3) is 3.51. The van der Waals surface area contributed by atoms with E-state index in [1.165, 1.54) is 22.7 Å². The van der Waals surface area contributed by atoms with Gasteiger partial charge in [-0.3, -0.25) is 4.79 Å². The van der Waals surface area contributed by atoms with Crippen molar-refractivity contribution in [1.29, 1.82) is 0 Å². The van der Waals surface area contributed by atoms with Crippen LogP contribution in [0.2, 0.25) is 0 Å². The number of amides is 1. The van der Waals surface area contributed by atoms with Gasteiger partial charge in [0.15, 0.2) is 11.3 Å². The van der Waals surface area contributed by atoms with Crippen LogP contribution in [0.15, 0.2) is 30.5 Å². The van der Waals surface area contributed by atoms with E-state index in [0.29, 0.717) is 5.69 Å². The van der Waals surface area contributed by atoms with Crippen molar-refractivity contribution in [2.45, 2.75) is 26.1 Å². The van der Waals surface area contributed by atoms with Gasteiger partial charge in [-0.05, 0) is 32.0 Å². The van der Waals surface area contributed by atoms with Gasteiger partial charge in [0, 0.05) is 11.3 Å². The van der Waals surface area contributed by atoms with Crippen molar-refractivity contribution < 1.29 is 22.4 Å². The first kappa shape index (κ1) is 19.3. The number of hydrogen-bond acceptors (Lipinski definition) is 3. The lowest BCUT2D eigenvalue weighted by Gasteiger charge is -2.16. The normalized spacial score (nSPS) is 12.6. The summed E-state index contributed by atoms with van der Waals surface area (Å²) >= 11 is 0. The first-order valence-corrected chi connectivity index (χ1v) is 8.02. The average Bonchev–Trinajstić information content (AvgIpc) is 3.06. The van der Waals surface area contributed by atoms with Crippen molar-refractivity contribution in [1.82, 2.24) is 19.9 Å². The van der Waals surface area contributed by atoms with Crippen molar-refractivity contribution in [2.75, 3.05) is 0 Å². The smallest absolute Gasteiger partial charge is 0.340 e. The van der Waals surface area contributed by atoms with Crippen LogP contribution >= 0.6 is 0 Å². The molecule has 3 aromatic rings. The van der Waals surface area contributed by atoms with Crippen LogP contribution in [0.4, 0.5) is 23.2 Å². The molecule has 0 radical (unpaired) electrons. The molecule has 0 saturated carbocycles. The Kier molecular flexibility index (Phi) is 4.77. The zero-order valence-electron chi connectivity index (χ0n) is 14.7. The molecular weight excluding hydrogens is 378 g/mol. The molecule has 6 nitrogen and oxygen atoms in total. The molecule has 1 atom stereocenters. The topological polar surface area (TPSA) is 63.7 Å². The summed E-state index contributed by atoms with van der Waals surface area (Å²) in [6.07, 6.45) is -3.50. The molecule has 144 valence electrons. The summed E-state index contributed by atoms with van der Waals surface area (Å²) in [6.45, 7) is 9.50. The van der Waals surface area contributed by atoms with Crippen LogP contribution in [-0.2, 0) is 0 Å². The minimum atomic E-state index is -4.60. The van der Waals surface area contributed by atoms with Gasteiger partial charge in [0.25, 0.3) is 5.91 Å². The van der Waals surface area contributed by atoms with Crippen LogP contribution < -0.4 is 5.32 Å². The van der Waals surface area contributed by atoms with Crippen LogP contribution in [0.5, 0.6) is 0 Å². The molecule has 3 rings (SSSR count). The van der Waals surface area contributed by atoms with E-state index in [2.05, 4.69) is 14.9 Å². The second-order valence-electron chi connectivity index (χ2n) is 6.09. The molecule has 0 unspecified atom stereocenters. The van der Waals surface area contributed by atoms with Crippen LogP contribution in [0.1, 0.15) is 23.0 Å². The van der Waals surface area contributed by atoms with Crippen molar-refractivity contribution in [3.8, 4) is 11.3 Å². The average molecular weight is 391 g/mol. The molecule has 0 saturated heterocycles. The van der Waals surface area contributed by atoms with Crippen molar-refractivity contribution in [2.24, 2.45) is 0 Å². The number of rotatable bonds is 3.